The average molecular weight is 155 g/mol. The van der Waals surface area contributed by atoms with Crippen LogP contribution in [0.25, 0.3) is 0 Å². The van der Waals surface area contributed by atoms with Crippen molar-refractivity contribution in [3.8, 4) is 0 Å². The molecule has 1 rings (SSSR count). The SMILES string of the molecule is OCC(F)Cc1cccnc1. The van der Waals surface area contributed by atoms with Crippen LogP contribution in [0.2, 0.25) is 0 Å². The summed E-state index contributed by atoms with van der Waals surface area (Å²) in [6, 6.07) is 3.54. The third kappa shape index (κ3) is 2.63. The molecular weight excluding hydrogens is 145 g/mol. The van der Waals surface area contributed by atoms with Crippen molar-refractivity contribution >= 4 is 0 Å². The van der Waals surface area contributed by atoms with Crippen LogP contribution in [-0.4, -0.2) is 22.9 Å². The van der Waals surface area contributed by atoms with Crippen LogP contribution in [0.15, 0.2) is 24.5 Å². The highest BCUT2D eigenvalue weighted by atomic mass is 19.1. The highest BCUT2D eigenvalue weighted by Crippen LogP contribution is 2.02. The van der Waals surface area contributed by atoms with Crippen molar-refractivity contribution < 1.29 is 9.50 Å². The fraction of sp³-hybridized carbons (Fsp3) is 0.375. The van der Waals surface area contributed by atoms with Gasteiger partial charge < -0.3 is 5.11 Å². The molecule has 3 heteroatoms. The molecule has 1 aromatic heterocycles. The maximum absolute atomic E-state index is 12.5. The Bertz CT molecular complexity index is 203. The maximum atomic E-state index is 12.5. The fourth-order valence-electron chi connectivity index (χ4n) is 0.839. The number of aromatic nitrogens is 1. The summed E-state index contributed by atoms with van der Waals surface area (Å²) in [5.74, 6) is 0. The van der Waals surface area contributed by atoms with Crippen LogP contribution in [0.4, 0.5) is 4.39 Å². The van der Waals surface area contributed by atoms with E-state index in [1.165, 1.54) is 0 Å². The maximum Gasteiger partial charge on any atom is 0.127 e. The molecule has 0 saturated carbocycles. The molecule has 0 spiro atoms. The molecule has 1 N–H and O–H groups in total. The van der Waals surface area contributed by atoms with E-state index in [0.29, 0.717) is 0 Å². The summed E-state index contributed by atoms with van der Waals surface area (Å²) in [5.41, 5.74) is 0.814. The van der Waals surface area contributed by atoms with Gasteiger partial charge in [-0.15, -0.1) is 0 Å². The van der Waals surface area contributed by atoms with Crippen molar-refractivity contribution in [3.63, 3.8) is 0 Å². The number of aliphatic hydroxyl groups is 1. The Balaban J connectivity index is 2.51. The van der Waals surface area contributed by atoms with Gasteiger partial charge in [0.15, 0.2) is 0 Å². The number of rotatable bonds is 3. The van der Waals surface area contributed by atoms with Crippen LogP contribution in [0.3, 0.4) is 0 Å². The zero-order valence-corrected chi connectivity index (χ0v) is 6.07. The lowest BCUT2D eigenvalue weighted by Crippen LogP contribution is -2.09. The number of aliphatic hydroxyl groups excluding tert-OH is 1. The lowest BCUT2D eigenvalue weighted by atomic mass is 10.1. The molecule has 0 bridgehead atoms. The number of pyridine rings is 1. The first-order valence-corrected chi connectivity index (χ1v) is 3.46. The third-order valence-electron chi connectivity index (χ3n) is 1.38. The van der Waals surface area contributed by atoms with Crippen LogP contribution in [0.1, 0.15) is 5.56 Å². The second-order valence-electron chi connectivity index (χ2n) is 2.35. The first-order valence-electron chi connectivity index (χ1n) is 3.46. The lowest BCUT2D eigenvalue weighted by Gasteiger charge is -2.02. The summed E-state index contributed by atoms with van der Waals surface area (Å²) >= 11 is 0. The first kappa shape index (κ1) is 8.14. The predicted molar refractivity (Wildman–Crippen MR) is 39.9 cm³/mol. The topological polar surface area (TPSA) is 33.1 Å². The Morgan fingerprint density at radius 2 is 2.45 bits per heavy atom. The van der Waals surface area contributed by atoms with E-state index < -0.39 is 12.8 Å². The van der Waals surface area contributed by atoms with Crippen LogP contribution >= 0.6 is 0 Å². The van der Waals surface area contributed by atoms with E-state index in [0.717, 1.165) is 5.56 Å². The van der Waals surface area contributed by atoms with Gasteiger partial charge in [0.05, 0.1) is 6.61 Å². The van der Waals surface area contributed by atoms with Crippen molar-refractivity contribution in [1.82, 2.24) is 4.98 Å². The van der Waals surface area contributed by atoms with Gasteiger partial charge in [0, 0.05) is 18.8 Å². The first-order chi connectivity index (χ1) is 5.33. The largest absolute Gasteiger partial charge is 0.393 e. The Morgan fingerprint density at radius 3 is 3.00 bits per heavy atom. The van der Waals surface area contributed by atoms with Crippen molar-refractivity contribution in [3.05, 3.63) is 30.1 Å². The van der Waals surface area contributed by atoms with E-state index in [2.05, 4.69) is 4.98 Å². The van der Waals surface area contributed by atoms with Gasteiger partial charge in [-0.3, -0.25) is 4.98 Å². The minimum absolute atomic E-state index is 0.240. The van der Waals surface area contributed by atoms with Gasteiger partial charge in [0.2, 0.25) is 0 Å². The van der Waals surface area contributed by atoms with Gasteiger partial charge in [-0.05, 0) is 11.6 Å². The molecule has 1 atom stereocenters. The molecular formula is C8H10FNO. The van der Waals surface area contributed by atoms with Crippen molar-refractivity contribution in [2.75, 3.05) is 6.61 Å². The van der Waals surface area contributed by atoms with Crippen molar-refractivity contribution in [1.29, 1.82) is 0 Å². The van der Waals surface area contributed by atoms with E-state index in [9.17, 15) is 4.39 Å². The van der Waals surface area contributed by atoms with Crippen molar-refractivity contribution in [2.24, 2.45) is 0 Å². The summed E-state index contributed by atoms with van der Waals surface area (Å²) in [4.78, 5) is 3.82. The number of hydrogen-bond acceptors (Lipinski definition) is 2. The normalized spacial score (nSPS) is 12.9. The molecule has 0 radical (unpaired) electrons. The second-order valence-corrected chi connectivity index (χ2v) is 2.35. The molecule has 0 saturated heterocycles. The smallest absolute Gasteiger partial charge is 0.127 e. The highest BCUT2D eigenvalue weighted by molar-refractivity contribution is 5.09. The minimum Gasteiger partial charge on any atom is -0.393 e. The number of halogens is 1. The average Bonchev–Trinajstić information content (AvgIpc) is 2.06. The van der Waals surface area contributed by atoms with Gasteiger partial charge in [-0.2, -0.15) is 0 Å². The van der Waals surface area contributed by atoms with E-state index in [4.69, 9.17) is 5.11 Å². The molecule has 60 valence electrons. The molecule has 0 aliphatic carbocycles. The molecule has 0 fully saturated rings. The van der Waals surface area contributed by atoms with E-state index >= 15 is 0 Å². The molecule has 1 unspecified atom stereocenters. The standard InChI is InChI=1S/C8H10FNO/c9-8(6-11)4-7-2-1-3-10-5-7/h1-3,5,8,11H,4,6H2. The fourth-order valence-corrected chi connectivity index (χ4v) is 0.839. The number of hydrogen-bond donors (Lipinski definition) is 1. The zero-order chi connectivity index (χ0) is 8.10. The molecule has 0 amide bonds. The van der Waals surface area contributed by atoms with E-state index in [1.54, 1.807) is 24.5 Å². The zero-order valence-electron chi connectivity index (χ0n) is 6.07. The van der Waals surface area contributed by atoms with E-state index in [-0.39, 0.29) is 6.42 Å². The van der Waals surface area contributed by atoms with Crippen LogP contribution in [0.5, 0.6) is 0 Å². The molecule has 11 heavy (non-hydrogen) atoms. The monoisotopic (exact) mass is 155 g/mol. The molecule has 2 nitrogen and oxygen atoms in total. The van der Waals surface area contributed by atoms with Crippen LogP contribution < -0.4 is 0 Å². The number of alkyl halides is 1. The summed E-state index contributed by atoms with van der Waals surface area (Å²) < 4.78 is 12.5. The van der Waals surface area contributed by atoms with Gasteiger partial charge in [0.25, 0.3) is 0 Å². The molecule has 1 heterocycles. The molecule has 0 aliphatic rings. The van der Waals surface area contributed by atoms with Gasteiger partial charge >= 0.3 is 0 Å². The van der Waals surface area contributed by atoms with Crippen LogP contribution in [0, 0.1) is 0 Å². The summed E-state index contributed by atoms with van der Waals surface area (Å²) in [5, 5.41) is 8.40. The molecule has 0 aliphatic heterocycles. The van der Waals surface area contributed by atoms with Crippen molar-refractivity contribution in [2.45, 2.75) is 12.6 Å². The third-order valence-corrected chi connectivity index (χ3v) is 1.38. The number of nitrogens with zero attached hydrogens (tertiary/aromatic N) is 1. The lowest BCUT2D eigenvalue weighted by molar-refractivity contribution is 0.177. The molecule has 0 aromatic carbocycles. The summed E-state index contributed by atoms with van der Waals surface area (Å²) in [6.45, 7) is -0.422. The second kappa shape index (κ2) is 4.03. The van der Waals surface area contributed by atoms with Gasteiger partial charge in [-0.25, -0.2) is 4.39 Å². The summed E-state index contributed by atoms with van der Waals surface area (Å²) in [6.07, 6.45) is 2.31. The minimum atomic E-state index is -1.17. The van der Waals surface area contributed by atoms with E-state index in [1.807, 2.05) is 0 Å². The van der Waals surface area contributed by atoms with Crippen LogP contribution in [-0.2, 0) is 6.42 Å². The summed E-state index contributed by atoms with van der Waals surface area (Å²) in [7, 11) is 0. The Hall–Kier alpha value is -0.960. The quantitative estimate of drug-likeness (QED) is 0.705. The molecule has 1 aromatic rings. The Labute approximate surface area is 64.7 Å². The Morgan fingerprint density at radius 1 is 1.64 bits per heavy atom. The van der Waals surface area contributed by atoms with Gasteiger partial charge in [-0.1, -0.05) is 6.07 Å². The highest BCUT2D eigenvalue weighted by Gasteiger charge is 2.04. The predicted octanol–water partition coefficient (Wildman–Crippen LogP) is 0.955. The van der Waals surface area contributed by atoms with Gasteiger partial charge in [0.1, 0.15) is 6.17 Å². The Kier molecular flexibility index (Phi) is 2.98.